The molecule has 2 N–H and O–H groups in total. The smallest absolute Gasteiger partial charge is 0.410 e. The molecule has 0 radical (unpaired) electrons. The number of amides is 1. The Balaban J connectivity index is 1.84. The summed E-state index contributed by atoms with van der Waals surface area (Å²) < 4.78 is 6.27. The van der Waals surface area contributed by atoms with Crippen LogP contribution in [0.25, 0.3) is 0 Å². The van der Waals surface area contributed by atoms with Crippen molar-refractivity contribution in [2.45, 2.75) is 38.8 Å². The molecule has 8 heteroatoms. The van der Waals surface area contributed by atoms with Crippen molar-refractivity contribution in [1.29, 1.82) is 0 Å². The van der Waals surface area contributed by atoms with Crippen molar-refractivity contribution in [2.75, 3.05) is 30.3 Å². The van der Waals surface area contributed by atoms with Crippen LogP contribution in [0.4, 0.5) is 16.4 Å². The molecule has 1 aromatic heterocycles. The van der Waals surface area contributed by atoms with Crippen molar-refractivity contribution in [3.8, 4) is 0 Å². The number of piperazine rings is 1. The molecule has 0 saturated carbocycles. The molecule has 1 aromatic carbocycles. The van der Waals surface area contributed by atoms with Crippen LogP contribution < -0.4 is 10.6 Å². The van der Waals surface area contributed by atoms with Gasteiger partial charge >= 0.3 is 6.09 Å². The molecule has 2 aromatic rings. The molecule has 1 aliphatic heterocycles. The Bertz CT molecular complexity index is 825. The highest BCUT2D eigenvalue weighted by molar-refractivity contribution is 9.10. The molecule has 1 atom stereocenters. The molecule has 28 heavy (non-hydrogen) atoms. The lowest BCUT2D eigenvalue weighted by Gasteiger charge is -2.42. The Morgan fingerprint density at radius 3 is 2.68 bits per heavy atom. The molecule has 1 amide bonds. The van der Waals surface area contributed by atoms with Gasteiger partial charge in [0.05, 0.1) is 12.2 Å². The van der Waals surface area contributed by atoms with Crippen LogP contribution >= 0.6 is 15.9 Å². The Morgan fingerprint density at radius 1 is 1.29 bits per heavy atom. The van der Waals surface area contributed by atoms with Gasteiger partial charge in [-0.05, 0) is 48.7 Å². The summed E-state index contributed by atoms with van der Waals surface area (Å²) in [6.07, 6.45) is 2.01. The van der Waals surface area contributed by atoms with Crippen LogP contribution in [0.5, 0.6) is 0 Å². The van der Waals surface area contributed by atoms with E-state index in [1.54, 1.807) is 6.20 Å². The number of benzene rings is 1. The van der Waals surface area contributed by atoms with E-state index < -0.39 is 5.60 Å². The molecule has 0 spiro atoms. The van der Waals surface area contributed by atoms with Crippen LogP contribution in [-0.4, -0.2) is 52.2 Å². The van der Waals surface area contributed by atoms with E-state index in [1.165, 1.54) is 0 Å². The van der Waals surface area contributed by atoms with Gasteiger partial charge in [-0.1, -0.05) is 30.3 Å². The summed E-state index contributed by atoms with van der Waals surface area (Å²) in [7, 11) is 0. The molecule has 0 aliphatic carbocycles. The molecule has 1 saturated heterocycles. The fourth-order valence-corrected chi connectivity index (χ4v) is 3.54. The largest absolute Gasteiger partial charge is 0.444 e. The van der Waals surface area contributed by atoms with Crippen molar-refractivity contribution >= 4 is 33.7 Å². The van der Waals surface area contributed by atoms with Crippen LogP contribution in [0.1, 0.15) is 26.3 Å². The van der Waals surface area contributed by atoms with Gasteiger partial charge in [0, 0.05) is 19.6 Å². The zero-order chi connectivity index (χ0) is 20.3. The van der Waals surface area contributed by atoms with Gasteiger partial charge in [0.1, 0.15) is 10.2 Å². The standard InChI is InChI=1S/C20H26BrN5O2/c1-20(2,3)28-19(27)26-10-9-25(18-17(22)23-12-16(21)24-18)13-15(26)11-14-7-5-4-6-8-14/h4-8,12,15H,9-11,13H2,1-3H3,(H2,22,23). The zero-order valence-corrected chi connectivity index (χ0v) is 18.0. The molecular formula is C20H26BrN5O2. The number of ether oxygens (including phenoxy) is 1. The van der Waals surface area contributed by atoms with E-state index in [4.69, 9.17) is 10.5 Å². The Hall–Kier alpha value is -2.35. The number of hydrogen-bond acceptors (Lipinski definition) is 6. The molecule has 1 fully saturated rings. The maximum absolute atomic E-state index is 12.8. The average Bonchev–Trinajstić information content (AvgIpc) is 2.63. The minimum Gasteiger partial charge on any atom is -0.444 e. The van der Waals surface area contributed by atoms with Crippen molar-refractivity contribution in [3.05, 3.63) is 46.7 Å². The first-order valence-electron chi connectivity index (χ1n) is 9.29. The maximum Gasteiger partial charge on any atom is 0.410 e. The Morgan fingerprint density at radius 2 is 2.00 bits per heavy atom. The third kappa shape index (κ3) is 5.13. The minimum absolute atomic E-state index is 0.0637. The van der Waals surface area contributed by atoms with E-state index in [0.29, 0.717) is 35.9 Å². The average molecular weight is 448 g/mol. The van der Waals surface area contributed by atoms with Crippen LogP contribution in [0.15, 0.2) is 41.1 Å². The second-order valence-electron chi connectivity index (χ2n) is 7.86. The van der Waals surface area contributed by atoms with Gasteiger partial charge in [-0.25, -0.2) is 14.8 Å². The van der Waals surface area contributed by atoms with Gasteiger partial charge in [0.25, 0.3) is 0 Å². The fourth-order valence-electron chi connectivity index (χ4n) is 3.27. The highest BCUT2D eigenvalue weighted by atomic mass is 79.9. The van der Waals surface area contributed by atoms with Crippen LogP contribution in [0.3, 0.4) is 0 Å². The number of halogens is 1. The van der Waals surface area contributed by atoms with Crippen LogP contribution in [0.2, 0.25) is 0 Å². The van der Waals surface area contributed by atoms with E-state index >= 15 is 0 Å². The number of rotatable bonds is 3. The third-order valence-electron chi connectivity index (χ3n) is 4.48. The van der Waals surface area contributed by atoms with Gasteiger partial charge in [-0.2, -0.15) is 0 Å². The van der Waals surface area contributed by atoms with E-state index in [2.05, 4.69) is 42.9 Å². The summed E-state index contributed by atoms with van der Waals surface area (Å²) in [6, 6.07) is 10.1. The van der Waals surface area contributed by atoms with E-state index in [9.17, 15) is 4.79 Å². The lowest BCUT2D eigenvalue weighted by molar-refractivity contribution is 0.0141. The SMILES string of the molecule is CC(C)(C)OC(=O)N1CCN(c2nc(Br)cnc2N)CC1Cc1ccccc1. The fraction of sp³-hybridized carbons (Fsp3) is 0.450. The third-order valence-corrected chi connectivity index (χ3v) is 4.86. The predicted octanol–water partition coefficient (Wildman–Crippen LogP) is 3.49. The topological polar surface area (TPSA) is 84.6 Å². The molecule has 7 nitrogen and oxygen atoms in total. The Kier molecular flexibility index (Phi) is 6.07. The summed E-state index contributed by atoms with van der Waals surface area (Å²) in [6.45, 7) is 7.38. The number of carbonyl (C=O) groups excluding carboxylic acids is 1. The van der Waals surface area contributed by atoms with Gasteiger partial charge < -0.3 is 20.3 Å². The summed E-state index contributed by atoms with van der Waals surface area (Å²) in [5.41, 5.74) is 6.68. The number of hydrogen-bond donors (Lipinski definition) is 1. The number of nitrogens with zero attached hydrogens (tertiary/aromatic N) is 4. The highest BCUT2D eigenvalue weighted by Crippen LogP contribution is 2.26. The molecule has 3 rings (SSSR count). The molecular weight excluding hydrogens is 422 g/mol. The van der Waals surface area contributed by atoms with Crippen LogP contribution in [0, 0.1) is 0 Å². The lowest BCUT2D eigenvalue weighted by atomic mass is 10.0. The zero-order valence-electron chi connectivity index (χ0n) is 16.4. The quantitative estimate of drug-likeness (QED) is 0.774. The van der Waals surface area contributed by atoms with Gasteiger partial charge in [-0.15, -0.1) is 0 Å². The number of carbonyl (C=O) groups is 1. The molecule has 150 valence electrons. The number of nitrogens with two attached hydrogens (primary N) is 1. The van der Waals surface area contributed by atoms with E-state index in [0.717, 1.165) is 12.0 Å². The first-order valence-corrected chi connectivity index (χ1v) is 10.1. The van der Waals surface area contributed by atoms with Gasteiger partial charge in [0.15, 0.2) is 11.6 Å². The highest BCUT2D eigenvalue weighted by Gasteiger charge is 2.34. The summed E-state index contributed by atoms with van der Waals surface area (Å²) in [4.78, 5) is 25.4. The van der Waals surface area contributed by atoms with Crippen molar-refractivity contribution in [2.24, 2.45) is 0 Å². The minimum atomic E-state index is -0.536. The summed E-state index contributed by atoms with van der Waals surface area (Å²) in [5, 5.41) is 0. The Labute approximate surface area is 174 Å². The number of anilines is 2. The predicted molar refractivity (Wildman–Crippen MR) is 113 cm³/mol. The van der Waals surface area contributed by atoms with Crippen molar-refractivity contribution < 1.29 is 9.53 Å². The number of nitrogen functional groups attached to an aromatic ring is 1. The maximum atomic E-state index is 12.8. The van der Waals surface area contributed by atoms with Gasteiger partial charge in [0.2, 0.25) is 0 Å². The van der Waals surface area contributed by atoms with Crippen LogP contribution in [-0.2, 0) is 11.2 Å². The normalized spacial score (nSPS) is 17.5. The van der Waals surface area contributed by atoms with E-state index in [1.807, 2.05) is 43.9 Å². The lowest BCUT2D eigenvalue weighted by Crippen LogP contribution is -2.57. The molecule has 1 unspecified atom stereocenters. The first-order chi connectivity index (χ1) is 13.2. The number of aromatic nitrogens is 2. The second-order valence-corrected chi connectivity index (χ2v) is 8.68. The molecule has 1 aliphatic rings. The monoisotopic (exact) mass is 447 g/mol. The van der Waals surface area contributed by atoms with E-state index in [-0.39, 0.29) is 12.1 Å². The van der Waals surface area contributed by atoms with Crippen molar-refractivity contribution in [1.82, 2.24) is 14.9 Å². The molecule has 0 bridgehead atoms. The van der Waals surface area contributed by atoms with Gasteiger partial charge in [-0.3, -0.25) is 0 Å². The molecule has 2 heterocycles. The first kappa shape index (κ1) is 20.4. The van der Waals surface area contributed by atoms with Crippen molar-refractivity contribution in [3.63, 3.8) is 0 Å². The second kappa shape index (κ2) is 8.34. The summed E-state index contributed by atoms with van der Waals surface area (Å²) >= 11 is 3.36. The summed E-state index contributed by atoms with van der Waals surface area (Å²) in [5.74, 6) is 1.02.